The van der Waals surface area contributed by atoms with Gasteiger partial charge in [0.2, 0.25) is 11.8 Å². The number of amides is 2. The summed E-state index contributed by atoms with van der Waals surface area (Å²) in [6.07, 6.45) is 2.86. The van der Waals surface area contributed by atoms with Gasteiger partial charge in [-0.05, 0) is 48.6 Å². The van der Waals surface area contributed by atoms with Crippen molar-refractivity contribution in [1.82, 2.24) is 0 Å². The molecule has 0 radical (unpaired) electrons. The second-order valence-electron chi connectivity index (χ2n) is 6.80. The molecule has 1 aliphatic carbocycles. The van der Waals surface area contributed by atoms with Crippen LogP contribution in [0.15, 0.2) is 48.5 Å². The van der Waals surface area contributed by atoms with Crippen molar-refractivity contribution in [2.24, 2.45) is 5.92 Å². The number of benzene rings is 2. The van der Waals surface area contributed by atoms with Crippen molar-refractivity contribution in [1.29, 1.82) is 0 Å². The van der Waals surface area contributed by atoms with Gasteiger partial charge in [-0.3, -0.25) is 14.5 Å². The predicted molar refractivity (Wildman–Crippen MR) is 106 cm³/mol. The third kappa shape index (κ3) is 3.36. The van der Waals surface area contributed by atoms with Crippen molar-refractivity contribution in [3.8, 4) is 0 Å². The largest absolute Gasteiger partial charge is 0.326 e. The first-order valence-corrected chi connectivity index (χ1v) is 10.1. The fourth-order valence-corrected chi connectivity index (χ4v) is 4.49. The fourth-order valence-electron chi connectivity index (χ4n) is 3.34. The maximum atomic E-state index is 12.6. The molecule has 1 N–H and O–H groups in total. The van der Waals surface area contributed by atoms with Gasteiger partial charge in [0.15, 0.2) is 0 Å². The highest BCUT2D eigenvalue weighted by Crippen LogP contribution is 2.43. The summed E-state index contributed by atoms with van der Waals surface area (Å²) in [6.45, 7) is 2.11. The average molecular weight is 366 g/mol. The summed E-state index contributed by atoms with van der Waals surface area (Å²) in [7, 11) is 0. The van der Waals surface area contributed by atoms with Crippen LogP contribution >= 0.6 is 11.8 Å². The number of thioether (sulfide) groups is 1. The molecule has 0 spiro atoms. The number of carbonyl (C=O) groups excluding carboxylic acids is 2. The van der Waals surface area contributed by atoms with Gasteiger partial charge < -0.3 is 5.32 Å². The minimum absolute atomic E-state index is 0.0621. The smallest absolute Gasteiger partial charge is 0.238 e. The molecular weight excluding hydrogens is 344 g/mol. The molecule has 2 amide bonds. The van der Waals surface area contributed by atoms with Crippen LogP contribution in [-0.4, -0.2) is 17.6 Å². The Hall–Kier alpha value is -2.27. The van der Waals surface area contributed by atoms with E-state index in [9.17, 15) is 9.59 Å². The second-order valence-corrected chi connectivity index (χ2v) is 7.87. The van der Waals surface area contributed by atoms with E-state index >= 15 is 0 Å². The highest BCUT2D eigenvalue weighted by Gasteiger charge is 2.35. The molecule has 1 unspecified atom stereocenters. The molecule has 2 fully saturated rings. The van der Waals surface area contributed by atoms with Crippen LogP contribution < -0.4 is 10.2 Å². The maximum absolute atomic E-state index is 12.6. The summed E-state index contributed by atoms with van der Waals surface area (Å²) >= 11 is 1.64. The van der Waals surface area contributed by atoms with E-state index in [0.29, 0.717) is 5.75 Å². The van der Waals surface area contributed by atoms with Crippen LogP contribution in [0, 0.1) is 5.92 Å². The molecule has 0 bridgehead atoms. The molecule has 4 rings (SSSR count). The van der Waals surface area contributed by atoms with E-state index in [1.807, 2.05) is 47.4 Å². The van der Waals surface area contributed by atoms with Gasteiger partial charge in [0, 0.05) is 17.3 Å². The van der Waals surface area contributed by atoms with E-state index in [-0.39, 0.29) is 23.1 Å². The lowest BCUT2D eigenvalue weighted by Gasteiger charge is -2.26. The van der Waals surface area contributed by atoms with Gasteiger partial charge >= 0.3 is 0 Å². The third-order valence-corrected chi connectivity index (χ3v) is 6.10. The number of aryl methyl sites for hydroxylation is 1. The molecule has 2 aromatic carbocycles. The molecule has 4 nitrogen and oxygen atoms in total. The number of rotatable bonds is 5. The Bertz CT molecular complexity index is 847. The minimum Gasteiger partial charge on any atom is -0.326 e. The third-order valence-electron chi connectivity index (χ3n) is 4.89. The summed E-state index contributed by atoms with van der Waals surface area (Å²) in [5.74, 6) is 0.884. The number of hydrogen-bond donors (Lipinski definition) is 1. The van der Waals surface area contributed by atoms with Crippen LogP contribution in [0.25, 0.3) is 0 Å². The number of carbonyl (C=O) groups is 2. The Morgan fingerprint density at radius 1 is 1.19 bits per heavy atom. The number of nitrogens with zero attached hydrogens (tertiary/aromatic N) is 1. The zero-order chi connectivity index (χ0) is 18.1. The zero-order valence-corrected chi connectivity index (χ0v) is 15.6. The van der Waals surface area contributed by atoms with Crippen molar-refractivity contribution in [3.05, 3.63) is 59.7 Å². The fraction of sp³-hybridized carbons (Fsp3) is 0.333. The van der Waals surface area contributed by atoms with Crippen molar-refractivity contribution in [2.75, 3.05) is 16.0 Å². The monoisotopic (exact) mass is 366 g/mol. The summed E-state index contributed by atoms with van der Waals surface area (Å²) in [6, 6.07) is 16.0. The first-order valence-electron chi connectivity index (χ1n) is 9.09. The van der Waals surface area contributed by atoms with E-state index in [4.69, 9.17) is 0 Å². The van der Waals surface area contributed by atoms with E-state index in [1.165, 1.54) is 5.56 Å². The van der Waals surface area contributed by atoms with Gasteiger partial charge in [-0.15, -0.1) is 11.8 Å². The molecule has 26 heavy (non-hydrogen) atoms. The minimum atomic E-state index is -0.0621. The van der Waals surface area contributed by atoms with Crippen LogP contribution in [0.2, 0.25) is 0 Å². The van der Waals surface area contributed by atoms with Gasteiger partial charge in [-0.2, -0.15) is 0 Å². The first kappa shape index (κ1) is 17.2. The number of hydrogen-bond acceptors (Lipinski definition) is 3. The average Bonchev–Trinajstić information content (AvgIpc) is 3.44. The standard InChI is InChI=1S/C21H22N2O2S/c1-2-14-6-3-4-9-18(14)23-19(24)13-26-21(23)16-7-5-8-17(12-16)22-20(25)15-10-11-15/h3-9,12,15,21H,2,10-11,13H2,1H3,(H,22,25). The van der Waals surface area contributed by atoms with Crippen LogP contribution in [0.3, 0.4) is 0 Å². The normalized spacial score (nSPS) is 19.7. The molecule has 1 aliphatic heterocycles. The van der Waals surface area contributed by atoms with E-state index < -0.39 is 0 Å². The molecule has 0 aromatic heterocycles. The maximum Gasteiger partial charge on any atom is 0.238 e. The molecule has 2 aliphatic rings. The summed E-state index contributed by atoms with van der Waals surface area (Å²) in [5.41, 5.74) is 4.01. The number of anilines is 2. The molecule has 134 valence electrons. The van der Waals surface area contributed by atoms with Crippen molar-refractivity contribution >= 4 is 35.0 Å². The molecule has 2 aromatic rings. The lowest BCUT2D eigenvalue weighted by molar-refractivity contribution is -0.117. The number of nitrogens with one attached hydrogen (secondary N) is 1. The van der Waals surface area contributed by atoms with Crippen LogP contribution in [0.5, 0.6) is 0 Å². The summed E-state index contributed by atoms with van der Waals surface area (Å²) in [5, 5.41) is 2.94. The Labute approximate surface area is 158 Å². The Morgan fingerprint density at radius 3 is 2.77 bits per heavy atom. The lowest BCUT2D eigenvalue weighted by Crippen LogP contribution is -2.28. The number of para-hydroxylation sites is 1. The van der Waals surface area contributed by atoms with Gasteiger partial charge in [0.1, 0.15) is 5.37 Å². The summed E-state index contributed by atoms with van der Waals surface area (Å²) in [4.78, 5) is 26.6. The first-order chi connectivity index (χ1) is 12.7. The molecule has 1 saturated heterocycles. The SMILES string of the molecule is CCc1ccccc1N1C(=O)CSC1c1cccc(NC(=O)C2CC2)c1. The van der Waals surface area contributed by atoms with Gasteiger partial charge in [0.25, 0.3) is 0 Å². The van der Waals surface area contributed by atoms with Crippen LogP contribution in [0.4, 0.5) is 11.4 Å². The molecular formula is C21H22N2O2S. The summed E-state index contributed by atoms with van der Waals surface area (Å²) < 4.78 is 0. The van der Waals surface area contributed by atoms with Gasteiger partial charge in [-0.25, -0.2) is 0 Å². The van der Waals surface area contributed by atoms with E-state index in [2.05, 4.69) is 18.3 Å². The van der Waals surface area contributed by atoms with Gasteiger partial charge in [0.05, 0.1) is 5.75 Å². The quantitative estimate of drug-likeness (QED) is 0.854. The Balaban J connectivity index is 1.63. The highest BCUT2D eigenvalue weighted by molar-refractivity contribution is 8.00. The highest BCUT2D eigenvalue weighted by atomic mass is 32.2. The van der Waals surface area contributed by atoms with Crippen molar-refractivity contribution < 1.29 is 9.59 Å². The Morgan fingerprint density at radius 2 is 2.00 bits per heavy atom. The van der Waals surface area contributed by atoms with Crippen LogP contribution in [-0.2, 0) is 16.0 Å². The van der Waals surface area contributed by atoms with Crippen molar-refractivity contribution in [3.63, 3.8) is 0 Å². The van der Waals surface area contributed by atoms with Crippen molar-refractivity contribution in [2.45, 2.75) is 31.6 Å². The van der Waals surface area contributed by atoms with Gasteiger partial charge in [-0.1, -0.05) is 37.3 Å². The van der Waals surface area contributed by atoms with E-state index in [1.54, 1.807) is 11.8 Å². The lowest BCUT2D eigenvalue weighted by atomic mass is 10.1. The predicted octanol–water partition coefficient (Wildman–Crippen LogP) is 4.38. The molecule has 1 atom stereocenters. The molecule has 5 heteroatoms. The van der Waals surface area contributed by atoms with E-state index in [0.717, 1.165) is 36.2 Å². The van der Waals surface area contributed by atoms with Crippen LogP contribution in [0.1, 0.15) is 36.3 Å². The molecule has 1 heterocycles. The topological polar surface area (TPSA) is 49.4 Å². The Kier molecular flexibility index (Phi) is 4.72. The zero-order valence-electron chi connectivity index (χ0n) is 14.8. The second kappa shape index (κ2) is 7.16. The molecule has 1 saturated carbocycles.